The zero-order chi connectivity index (χ0) is 15.2. The first-order chi connectivity index (χ1) is 10.8. The van der Waals surface area contributed by atoms with Crippen molar-refractivity contribution in [1.29, 1.82) is 0 Å². The number of fused-ring (bicyclic) bond motifs is 1. The monoisotopic (exact) mass is 381 g/mol. The fourth-order valence-electron chi connectivity index (χ4n) is 3.11. The number of hydrogen-bond acceptors (Lipinski definition) is 3. The van der Waals surface area contributed by atoms with Crippen LogP contribution in [0, 0.1) is 0 Å². The first kappa shape index (κ1) is 16.3. The normalized spacial score (nSPS) is 15.7. The van der Waals surface area contributed by atoms with E-state index in [9.17, 15) is 0 Å². The van der Waals surface area contributed by atoms with Gasteiger partial charge in [-0.1, -0.05) is 12.8 Å². The van der Waals surface area contributed by atoms with Gasteiger partial charge in [-0.2, -0.15) is 0 Å². The van der Waals surface area contributed by atoms with Crippen molar-refractivity contribution in [1.82, 2.24) is 4.90 Å². The van der Waals surface area contributed by atoms with Crippen LogP contribution in [0.15, 0.2) is 28.1 Å². The van der Waals surface area contributed by atoms with Crippen LogP contribution < -0.4 is 4.74 Å². The molecule has 0 aliphatic carbocycles. The van der Waals surface area contributed by atoms with Crippen molar-refractivity contribution in [2.75, 3.05) is 26.2 Å². The van der Waals surface area contributed by atoms with Gasteiger partial charge in [0.2, 0.25) is 0 Å². The number of rotatable bonds is 8. The molecular weight excluding hydrogens is 358 g/mol. The third-order valence-electron chi connectivity index (χ3n) is 4.35. The lowest BCUT2D eigenvalue weighted by Crippen LogP contribution is -2.20. The summed E-state index contributed by atoms with van der Waals surface area (Å²) in [4.78, 5) is 2.60. The second-order valence-corrected chi connectivity index (χ2v) is 7.82. The Kier molecular flexibility index (Phi) is 6.16. The summed E-state index contributed by atoms with van der Waals surface area (Å²) in [5.41, 5.74) is 0. The molecule has 1 aliphatic heterocycles. The van der Waals surface area contributed by atoms with Crippen LogP contribution in [-0.4, -0.2) is 31.1 Å². The molecule has 0 N–H and O–H groups in total. The predicted molar refractivity (Wildman–Crippen MR) is 99.2 cm³/mol. The van der Waals surface area contributed by atoms with E-state index < -0.39 is 0 Å². The summed E-state index contributed by atoms with van der Waals surface area (Å²) < 4.78 is 8.40. The van der Waals surface area contributed by atoms with Gasteiger partial charge < -0.3 is 9.64 Å². The second-order valence-electron chi connectivity index (χ2n) is 6.02. The maximum atomic E-state index is 6.04. The molecule has 1 aromatic heterocycles. The van der Waals surface area contributed by atoms with Gasteiger partial charge in [0.15, 0.2) is 0 Å². The highest BCUT2D eigenvalue weighted by Gasteiger charge is 2.10. The zero-order valence-electron chi connectivity index (χ0n) is 13.0. The van der Waals surface area contributed by atoms with E-state index in [1.165, 1.54) is 61.8 Å². The molecule has 0 unspecified atom stereocenters. The van der Waals surface area contributed by atoms with Crippen molar-refractivity contribution < 1.29 is 4.74 Å². The number of likely N-dealkylation sites (tertiary alicyclic amines) is 1. The Bertz CT molecular complexity index is 592. The van der Waals surface area contributed by atoms with Gasteiger partial charge in [-0.3, -0.25) is 0 Å². The van der Waals surface area contributed by atoms with E-state index in [-0.39, 0.29) is 0 Å². The van der Waals surface area contributed by atoms with Gasteiger partial charge in [0.1, 0.15) is 5.75 Å². The van der Waals surface area contributed by atoms with Crippen LogP contribution in [0.1, 0.15) is 38.5 Å². The molecule has 0 atom stereocenters. The van der Waals surface area contributed by atoms with Gasteiger partial charge >= 0.3 is 0 Å². The topological polar surface area (TPSA) is 12.5 Å². The summed E-state index contributed by atoms with van der Waals surface area (Å²) in [6.45, 7) is 4.75. The largest absolute Gasteiger partial charge is 0.492 e. The Labute approximate surface area is 145 Å². The van der Waals surface area contributed by atoms with Gasteiger partial charge in [0, 0.05) is 10.1 Å². The summed E-state index contributed by atoms with van der Waals surface area (Å²) in [7, 11) is 0. The molecule has 2 aromatic rings. The Morgan fingerprint density at radius 2 is 1.86 bits per heavy atom. The second kappa shape index (κ2) is 8.32. The number of thiophene rings is 1. The molecule has 0 amide bonds. The highest BCUT2D eigenvalue weighted by atomic mass is 79.9. The number of ether oxygens (including phenoxy) is 1. The first-order valence-electron chi connectivity index (χ1n) is 8.35. The smallest absolute Gasteiger partial charge is 0.142 e. The Morgan fingerprint density at radius 3 is 2.73 bits per heavy atom. The number of hydrogen-bond donors (Lipinski definition) is 0. The van der Waals surface area contributed by atoms with E-state index >= 15 is 0 Å². The number of halogens is 1. The Morgan fingerprint density at radius 1 is 1.05 bits per heavy atom. The van der Waals surface area contributed by atoms with E-state index in [0.717, 1.165) is 23.2 Å². The van der Waals surface area contributed by atoms with E-state index in [1.807, 2.05) is 0 Å². The van der Waals surface area contributed by atoms with Gasteiger partial charge in [0.25, 0.3) is 0 Å². The minimum Gasteiger partial charge on any atom is -0.492 e. The Hall–Kier alpha value is -0.580. The minimum atomic E-state index is 0.817. The van der Waals surface area contributed by atoms with E-state index in [0.29, 0.717) is 0 Å². The molecule has 0 saturated carbocycles. The molecular formula is C18H24BrNOS. The molecule has 3 rings (SSSR count). The van der Waals surface area contributed by atoms with Crippen LogP contribution in [0.2, 0.25) is 0 Å². The van der Waals surface area contributed by atoms with Crippen molar-refractivity contribution in [3.8, 4) is 5.75 Å². The third kappa shape index (κ3) is 4.24. The lowest BCUT2D eigenvalue weighted by Gasteiger charge is -2.14. The van der Waals surface area contributed by atoms with Crippen LogP contribution in [0.3, 0.4) is 0 Å². The van der Waals surface area contributed by atoms with Crippen molar-refractivity contribution in [2.24, 2.45) is 0 Å². The number of nitrogens with zero attached hydrogens (tertiary/aromatic N) is 1. The van der Waals surface area contributed by atoms with Crippen molar-refractivity contribution in [3.05, 3.63) is 28.1 Å². The number of benzene rings is 1. The van der Waals surface area contributed by atoms with Crippen molar-refractivity contribution in [2.45, 2.75) is 38.5 Å². The van der Waals surface area contributed by atoms with E-state index in [4.69, 9.17) is 4.74 Å². The molecule has 2 heterocycles. The quantitative estimate of drug-likeness (QED) is 0.543. The maximum absolute atomic E-state index is 6.04. The molecule has 1 aromatic carbocycles. The average Bonchev–Trinajstić information content (AvgIpc) is 3.19. The molecule has 22 heavy (non-hydrogen) atoms. The maximum Gasteiger partial charge on any atom is 0.142 e. The lowest BCUT2D eigenvalue weighted by molar-refractivity contribution is 0.298. The molecule has 0 radical (unpaired) electrons. The van der Waals surface area contributed by atoms with Crippen LogP contribution in [0.4, 0.5) is 0 Å². The lowest BCUT2D eigenvalue weighted by atomic mass is 10.2. The molecule has 1 aliphatic rings. The van der Waals surface area contributed by atoms with Crippen LogP contribution in [-0.2, 0) is 0 Å². The number of unbranched alkanes of at least 4 members (excludes halogenated alkanes) is 3. The van der Waals surface area contributed by atoms with Gasteiger partial charge in [-0.05, 0) is 84.8 Å². The summed E-state index contributed by atoms with van der Waals surface area (Å²) in [6, 6.07) is 6.38. The summed E-state index contributed by atoms with van der Waals surface area (Å²) >= 11 is 5.37. The summed E-state index contributed by atoms with van der Waals surface area (Å²) in [6.07, 6.45) is 7.87. The Balaban J connectivity index is 1.35. The summed E-state index contributed by atoms with van der Waals surface area (Å²) in [5.74, 6) is 1.01. The SMILES string of the molecule is Brc1ccc2sccc2c1OCCCCCCN1CCCC1. The molecule has 1 saturated heterocycles. The molecule has 4 heteroatoms. The fourth-order valence-corrected chi connectivity index (χ4v) is 4.35. The third-order valence-corrected chi connectivity index (χ3v) is 5.86. The highest BCUT2D eigenvalue weighted by molar-refractivity contribution is 9.10. The average molecular weight is 382 g/mol. The molecule has 120 valence electrons. The minimum absolute atomic E-state index is 0.817. The zero-order valence-corrected chi connectivity index (χ0v) is 15.4. The van der Waals surface area contributed by atoms with Crippen LogP contribution in [0.5, 0.6) is 5.75 Å². The van der Waals surface area contributed by atoms with Gasteiger partial charge in [-0.15, -0.1) is 11.3 Å². The molecule has 0 spiro atoms. The van der Waals surface area contributed by atoms with E-state index in [1.54, 1.807) is 11.3 Å². The molecule has 0 bridgehead atoms. The highest BCUT2D eigenvalue weighted by Crippen LogP contribution is 2.36. The van der Waals surface area contributed by atoms with Crippen molar-refractivity contribution >= 4 is 37.4 Å². The van der Waals surface area contributed by atoms with E-state index in [2.05, 4.69) is 44.4 Å². The van der Waals surface area contributed by atoms with Crippen LogP contribution in [0.25, 0.3) is 10.1 Å². The van der Waals surface area contributed by atoms with Crippen LogP contribution >= 0.6 is 27.3 Å². The first-order valence-corrected chi connectivity index (χ1v) is 10.0. The molecule has 1 fully saturated rings. The fraction of sp³-hybridized carbons (Fsp3) is 0.556. The predicted octanol–water partition coefficient (Wildman–Crippen LogP) is 5.70. The van der Waals surface area contributed by atoms with Crippen molar-refractivity contribution in [3.63, 3.8) is 0 Å². The molecule has 2 nitrogen and oxygen atoms in total. The van der Waals surface area contributed by atoms with Gasteiger partial charge in [-0.25, -0.2) is 0 Å². The standard InChI is InChI=1S/C18H24BrNOS/c19-16-7-8-17-15(9-14-22-17)18(16)21-13-6-2-1-3-10-20-11-4-5-12-20/h7-9,14H,1-6,10-13H2. The summed E-state index contributed by atoms with van der Waals surface area (Å²) in [5, 5.41) is 3.36. The van der Waals surface area contributed by atoms with Gasteiger partial charge in [0.05, 0.1) is 11.1 Å².